The maximum absolute atomic E-state index is 16.0. The fraction of sp³-hybridized carbons (Fsp3) is 0.290. The summed E-state index contributed by atoms with van der Waals surface area (Å²) in [5, 5.41) is 3.65. The van der Waals surface area contributed by atoms with E-state index < -0.39 is 23.2 Å². The summed E-state index contributed by atoms with van der Waals surface area (Å²) in [7, 11) is 2.02. The van der Waals surface area contributed by atoms with Gasteiger partial charge in [0.15, 0.2) is 5.78 Å². The first kappa shape index (κ1) is 27.3. The lowest BCUT2D eigenvalue weighted by atomic mass is 9.69. The van der Waals surface area contributed by atoms with E-state index in [0.29, 0.717) is 43.1 Å². The Morgan fingerprint density at radius 3 is 2.63 bits per heavy atom. The number of halogens is 1. The number of anilines is 1. The van der Waals surface area contributed by atoms with Crippen LogP contribution in [0.5, 0.6) is 11.5 Å². The summed E-state index contributed by atoms with van der Waals surface area (Å²) in [5.41, 5.74) is 19.6. The van der Waals surface area contributed by atoms with Crippen molar-refractivity contribution in [2.75, 3.05) is 25.9 Å². The zero-order chi connectivity index (χ0) is 29.1. The van der Waals surface area contributed by atoms with Gasteiger partial charge in [-0.3, -0.25) is 9.59 Å². The molecule has 0 spiro atoms. The standard InChI is InChI=1S/C31H32FN5O3S/c1-16-13-19(40-18-8-4-3-5-9-18)14-21(32)25(16)31(35)20-10-11-22(33)27-23(20)24(26(34)29(31)38)28(41-27)30(39)36-17-7-6-12-37(2)15-17/h3-5,8-11,13-14,17,26H,6-7,12,15,33-35H2,1-2H3,(H,36,39). The van der Waals surface area contributed by atoms with Crippen LogP contribution in [-0.2, 0) is 10.3 Å². The Bertz CT molecular complexity index is 1670. The highest BCUT2D eigenvalue weighted by Gasteiger charge is 2.50. The highest BCUT2D eigenvalue weighted by molar-refractivity contribution is 7.21. The first-order chi connectivity index (χ1) is 19.6. The molecule has 2 aliphatic rings. The third-order valence-corrected chi connectivity index (χ3v) is 9.37. The Hall–Kier alpha value is -3.83. The fourth-order valence-electron chi connectivity index (χ4n) is 6.24. The van der Waals surface area contributed by atoms with Crippen molar-refractivity contribution in [3.63, 3.8) is 0 Å². The van der Waals surface area contributed by atoms with Gasteiger partial charge in [-0.25, -0.2) is 4.39 Å². The summed E-state index contributed by atoms with van der Waals surface area (Å²) >= 11 is 1.19. The van der Waals surface area contributed by atoms with Crippen LogP contribution < -0.4 is 27.3 Å². The average molecular weight is 574 g/mol. The van der Waals surface area contributed by atoms with Crippen LogP contribution in [0.1, 0.15) is 50.8 Å². The van der Waals surface area contributed by atoms with Gasteiger partial charge in [-0.05, 0) is 68.8 Å². The van der Waals surface area contributed by atoms with Gasteiger partial charge >= 0.3 is 0 Å². The number of Topliss-reactive ketones (excluding diaryl/α,β-unsaturated/α-hetero) is 1. The van der Waals surface area contributed by atoms with Gasteiger partial charge in [-0.15, -0.1) is 11.3 Å². The van der Waals surface area contributed by atoms with E-state index in [2.05, 4.69) is 10.2 Å². The number of rotatable bonds is 5. The van der Waals surface area contributed by atoms with E-state index in [4.69, 9.17) is 21.9 Å². The van der Waals surface area contributed by atoms with E-state index in [1.165, 1.54) is 17.4 Å². The Labute approximate surface area is 241 Å². The molecule has 1 aliphatic heterocycles. The number of piperidine rings is 1. The number of likely N-dealkylation sites (N-methyl/N-ethyl adjacent to an activating group) is 1. The smallest absolute Gasteiger partial charge is 0.262 e. The molecular weight excluding hydrogens is 541 g/mol. The molecule has 1 amide bonds. The quantitative estimate of drug-likeness (QED) is 0.261. The van der Waals surface area contributed by atoms with E-state index in [-0.39, 0.29) is 23.3 Å². The number of nitrogens with one attached hydrogen (secondary N) is 1. The van der Waals surface area contributed by atoms with Gasteiger partial charge < -0.3 is 32.2 Å². The maximum atomic E-state index is 16.0. The predicted molar refractivity (Wildman–Crippen MR) is 159 cm³/mol. The summed E-state index contributed by atoms with van der Waals surface area (Å²) in [4.78, 5) is 30.2. The Kier molecular flexibility index (Phi) is 6.82. The summed E-state index contributed by atoms with van der Waals surface area (Å²) < 4.78 is 22.4. The Balaban J connectivity index is 1.46. The second kappa shape index (κ2) is 10.2. The molecule has 7 N–H and O–H groups in total. The molecule has 1 fully saturated rings. The molecule has 1 aromatic heterocycles. The van der Waals surface area contributed by atoms with Crippen molar-refractivity contribution < 1.29 is 18.7 Å². The van der Waals surface area contributed by atoms with Crippen LogP contribution in [0.25, 0.3) is 10.1 Å². The summed E-state index contributed by atoms with van der Waals surface area (Å²) in [5.74, 6) is -0.769. The SMILES string of the molecule is Cc1cc(Oc2ccccc2)cc(F)c1C1(N)C(=O)C(N)c2c(C(=O)NC3CCCN(C)C3)sc3c(N)ccc1c23. The van der Waals surface area contributed by atoms with E-state index in [9.17, 15) is 9.59 Å². The molecule has 1 saturated heterocycles. The van der Waals surface area contributed by atoms with Gasteiger partial charge in [-0.1, -0.05) is 24.3 Å². The lowest BCUT2D eigenvalue weighted by Crippen LogP contribution is -2.53. The van der Waals surface area contributed by atoms with Crippen molar-refractivity contribution in [1.29, 1.82) is 0 Å². The first-order valence-electron chi connectivity index (χ1n) is 13.6. The van der Waals surface area contributed by atoms with Gasteiger partial charge in [-0.2, -0.15) is 0 Å². The van der Waals surface area contributed by atoms with Crippen molar-refractivity contribution >= 4 is 38.8 Å². The largest absolute Gasteiger partial charge is 0.457 e. The number of likely N-dealkylation sites (tertiary alicyclic amines) is 1. The number of thiophene rings is 1. The zero-order valence-corrected chi connectivity index (χ0v) is 23.7. The Morgan fingerprint density at radius 1 is 1.17 bits per heavy atom. The maximum Gasteiger partial charge on any atom is 0.262 e. The van der Waals surface area contributed by atoms with Crippen LogP contribution in [0.4, 0.5) is 10.1 Å². The van der Waals surface area contributed by atoms with Crippen LogP contribution in [0.15, 0.2) is 54.6 Å². The number of aryl methyl sites for hydroxylation is 1. The Morgan fingerprint density at radius 2 is 1.93 bits per heavy atom. The van der Waals surface area contributed by atoms with Crippen molar-refractivity contribution in [2.45, 2.75) is 37.4 Å². The number of nitrogen functional groups attached to an aromatic ring is 1. The number of ketones is 1. The minimum Gasteiger partial charge on any atom is -0.457 e. The van der Waals surface area contributed by atoms with Crippen molar-refractivity contribution in [3.8, 4) is 11.5 Å². The van der Waals surface area contributed by atoms with E-state index >= 15 is 4.39 Å². The number of carbonyl (C=O) groups is 2. The molecule has 6 rings (SSSR count). The number of ether oxygens (including phenoxy) is 1. The molecule has 4 aromatic rings. The lowest BCUT2D eigenvalue weighted by molar-refractivity contribution is -0.124. The molecule has 212 valence electrons. The minimum atomic E-state index is -1.90. The van der Waals surface area contributed by atoms with E-state index in [0.717, 1.165) is 25.9 Å². The van der Waals surface area contributed by atoms with Gasteiger partial charge in [0, 0.05) is 40.9 Å². The number of nitrogens with two attached hydrogens (primary N) is 3. The molecule has 41 heavy (non-hydrogen) atoms. The van der Waals surface area contributed by atoms with E-state index in [1.54, 1.807) is 37.3 Å². The van der Waals surface area contributed by atoms with Crippen LogP contribution in [0.2, 0.25) is 0 Å². The molecule has 1 aliphatic carbocycles. The molecule has 8 nitrogen and oxygen atoms in total. The molecule has 3 aromatic carbocycles. The monoisotopic (exact) mass is 573 g/mol. The molecule has 3 unspecified atom stereocenters. The minimum absolute atomic E-state index is 0.0116. The van der Waals surface area contributed by atoms with Gasteiger partial charge in [0.05, 0.1) is 15.6 Å². The second-order valence-corrected chi connectivity index (χ2v) is 12.0. The predicted octanol–water partition coefficient (Wildman–Crippen LogP) is 4.33. The number of hydrogen-bond acceptors (Lipinski definition) is 8. The van der Waals surface area contributed by atoms with Crippen molar-refractivity contribution in [3.05, 3.63) is 87.5 Å². The van der Waals surface area contributed by atoms with Crippen molar-refractivity contribution in [1.82, 2.24) is 10.2 Å². The number of para-hydroxylation sites is 1. The zero-order valence-electron chi connectivity index (χ0n) is 22.9. The number of benzene rings is 3. The summed E-state index contributed by atoms with van der Waals surface area (Å²) in [6.45, 7) is 3.40. The van der Waals surface area contributed by atoms with Crippen LogP contribution >= 0.6 is 11.3 Å². The average Bonchev–Trinajstić information content (AvgIpc) is 3.34. The van der Waals surface area contributed by atoms with Crippen LogP contribution in [0.3, 0.4) is 0 Å². The number of nitrogens with zero attached hydrogens (tertiary/aromatic N) is 1. The highest BCUT2D eigenvalue weighted by atomic mass is 32.1. The topological polar surface area (TPSA) is 137 Å². The van der Waals surface area contributed by atoms with Crippen LogP contribution in [0, 0.1) is 12.7 Å². The molecular formula is C31H32FN5O3S. The molecule has 2 heterocycles. The normalized spacial score (nSPS) is 22.6. The first-order valence-corrected chi connectivity index (χ1v) is 14.4. The molecule has 0 saturated carbocycles. The van der Waals surface area contributed by atoms with Gasteiger partial charge in [0.25, 0.3) is 5.91 Å². The highest BCUT2D eigenvalue weighted by Crippen LogP contribution is 2.50. The number of hydrogen-bond donors (Lipinski definition) is 4. The summed E-state index contributed by atoms with van der Waals surface area (Å²) in [6, 6.07) is 13.9. The second-order valence-electron chi connectivity index (χ2n) is 11.0. The fourth-order valence-corrected chi connectivity index (χ4v) is 7.44. The van der Waals surface area contributed by atoms with Gasteiger partial charge in [0.1, 0.15) is 22.9 Å². The van der Waals surface area contributed by atoms with Gasteiger partial charge in [0.2, 0.25) is 0 Å². The summed E-state index contributed by atoms with van der Waals surface area (Å²) in [6.07, 6.45) is 1.84. The van der Waals surface area contributed by atoms with Crippen molar-refractivity contribution in [2.24, 2.45) is 11.5 Å². The lowest BCUT2D eigenvalue weighted by Gasteiger charge is -2.37. The van der Waals surface area contributed by atoms with Crippen LogP contribution in [-0.4, -0.2) is 42.8 Å². The molecule has 0 bridgehead atoms. The molecule has 0 radical (unpaired) electrons. The molecule has 3 atom stereocenters. The third-order valence-electron chi connectivity index (χ3n) is 8.11. The third kappa shape index (κ3) is 4.47. The number of carbonyl (C=O) groups excluding carboxylic acids is 2. The number of amides is 1. The molecule has 10 heteroatoms. The van der Waals surface area contributed by atoms with E-state index in [1.807, 2.05) is 25.2 Å².